The molecule has 4 N–H and O–H groups in total. The second kappa shape index (κ2) is 10.9. The number of ether oxygens (including phenoxy) is 1. The van der Waals surface area contributed by atoms with E-state index in [1.807, 2.05) is 48.1 Å². The minimum atomic E-state index is -0.273. The fourth-order valence-corrected chi connectivity index (χ4v) is 3.75. The number of aromatic nitrogens is 1. The van der Waals surface area contributed by atoms with Gasteiger partial charge in [0.25, 0.3) is 11.8 Å². The normalized spacial score (nSPS) is 10.6. The topological polar surface area (TPSA) is 98.4 Å². The molecule has 0 unspecified atom stereocenters. The fraction of sp³-hybridized carbons (Fsp3) is 0.111. The molecular weight excluding hydrogens is 464 g/mol. The minimum Gasteiger partial charge on any atom is -0.492 e. The standard InChI is InChI=1S/C27H25ClN4O3/c1-32-17-20(16-25(32)31-26(33)19-5-4-6-22(15-19)35-14-13-29)18-9-11-21(12-10-18)30-27(34)23-7-2-3-8-24(23)28/h2-12,15-17H,13-14,29H2,1H3,(H,30,34)(H,31,33). The maximum atomic E-state index is 12.8. The fourth-order valence-electron chi connectivity index (χ4n) is 3.53. The SMILES string of the molecule is Cn1cc(-c2ccc(NC(=O)c3ccccc3Cl)cc2)cc1NC(=O)c1cccc(OCCN)c1. The van der Waals surface area contributed by atoms with Gasteiger partial charge in [-0.1, -0.05) is 41.9 Å². The monoisotopic (exact) mass is 488 g/mol. The van der Waals surface area contributed by atoms with Gasteiger partial charge in [-0.15, -0.1) is 0 Å². The molecule has 0 aliphatic rings. The van der Waals surface area contributed by atoms with E-state index in [-0.39, 0.29) is 11.8 Å². The van der Waals surface area contributed by atoms with E-state index in [2.05, 4.69) is 10.6 Å². The van der Waals surface area contributed by atoms with Crippen LogP contribution >= 0.6 is 11.6 Å². The summed E-state index contributed by atoms with van der Waals surface area (Å²) >= 11 is 6.11. The summed E-state index contributed by atoms with van der Waals surface area (Å²) < 4.78 is 7.35. The Morgan fingerprint density at radius 2 is 1.69 bits per heavy atom. The first-order valence-electron chi connectivity index (χ1n) is 11.0. The van der Waals surface area contributed by atoms with Gasteiger partial charge in [-0.3, -0.25) is 9.59 Å². The number of amides is 2. The van der Waals surface area contributed by atoms with Crippen molar-refractivity contribution in [2.24, 2.45) is 12.8 Å². The van der Waals surface area contributed by atoms with E-state index in [1.165, 1.54) is 0 Å². The van der Waals surface area contributed by atoms with E-state index in [9.17, 15) is 9.59 Å². The van der Waals surface area contributed by atoms with Crippen molar-refractivity contribution in [3.8, 4) is 16.9 Å². The van der Waals surface area contributed by atoms with Crippen LogP contribution in [0.4, 0.5) is 11.5 Å². The van der Waals surface area contributed by atoms with Gasteiger partial charge in [0.2, 0.25) is 0 Å². The molecule has 0 bridgehead atoms. The van der Waals surface area contributed by atoms with Crippen molar-refractivity contribution in [2.75, 3.05) is 23.8 Å². The third kappa shape index (κ3) is 5.90. The number of carbonyl (C=O) groups excluding carboxylic acids is 2. The van der Waals surface area contributed by atoms with E-state index in [1.54, 1.807) is 48.5 Å². The van der Waals surface area contributed by atoms with Crippen LogP contribution in [0.5, 0.6) is 5.75 Å². The molecule has 0 aliphatic carbocycles. The first-order valence-corrected chi connectivity index (χ1v) is 11.4. The van der Waals surface area contributed by atoms with E-state index in [0.29, 0.717) is 46.6 Å². The third-order valence-electron chi connectivity index (χ3n) is 5.32. The Bertz CT molecular complexity index is 1350. The third-order valence-corrected chi connectivity index (χ3v) is 5.65. The van der Waals surface area contributed by atoms with Crippen LogP contribution in [0, 0.1) is 0 Å². The summed E-state index contributed by atoms with van der Waals surface area (Å²) in [7, 11) is 1.86. The van der Waals surface area contributed by atoms with Crippen molar-refractivity contribution in [1.29, 1.82) is 0 Å². The number of carbonyl (C=O) groups is 2. The van der Waals surface area contributed by atoms with Gasteiger partial charge >= 0.3 is 0 Å². The molecule has 4 rings (SSSR count). The zero-order chi connectivity index (χ0) is 24.8. The second-order valence-electron chi connectivity index (χ2n) is 7.86. The maximum Gasteiger partial charge on any atom is 0.257 e. The Balaban J connectivity index is 1.44. The van der Waals surface area contributed by atoms with E-state index in [4.69, 9.17) is 22.1 Å². The Morgan fingerprint density at radius 3 is 2.43 bits per heavy atom. The van der Waals surface area contributed by atoms with Crippen molar-refractivity contribution >= 4 is 34.9 Å². The molecule has 3 aromatic carbocycles. The molecule has 1 heterocycles. The van der Waals surface area contributed by atoms with Crippen LogP contribution in [-0.4, -0.2) is 29.5 Å². The number of hydrogen-bond acceptors (Lipinski definition) is 4. The molecular formula is C27H25ClN4O3. The van der Waals surface area contributed by atoms with Crippen LogP contribution in [0.15, 0.2) is 85.1 Å². The lowest BCUT2D eigenvalue weighted by Crippen LogP contribution is -2.14. The molecule has 0 atom stereocenters. The molecule has 8 heteroatoms. The molecule has 7 nitrogen and oxygen atoms in total. The summed E-state index contributed by atoms with van der Waals surface area (Å²) in [6.07, 6.45) is 1.92. The van der Waals surface area contributed by atoms with Crippen LogP contribution in [0.2, 0.25) is 5.02 Å². The Morgan fingerprint density at radius 1 is 0.914 bits per heavy atom. The number of rotatable bonds is 8. The number of aryl methyl sites for hydroxylation is 1. The minimum absolute atomic E-state index is 0.242. The first-order chi connectivity index (χ1) is 16.9. The molecule has 0 aliphatic heterocycles. The van der Waals surface area contributed by atoms with Crippen LogP contribution in [0.25, 0.3) is 11.1 Å². The summed E-state index contributed by atoms with van der Waals surface area (Å²) in [4.78, 5) is 25.2. The van der Waals surface area contributed by atoms with Crippen LogP contribution in [-0.2, 0) is 7.05 Å². The van der Waals surface area contributed by atoms with Gasteiger partial charge in [-0.2, -0.15) is 0 Å². The van der Waals surface area contributed by atoms with Crippen LogP contribution < -0.4 is 21.1 Å². The van der Waals surface area contributed by atoms with E-state index >= 15 is 0 Å². The molecule has 1 aromatic heterocycles. The van der Waals surface area contributed by atoms with Gasteiger partial charge in [0.05, 0.1) is 10.6 Å². The summed E-state index contributed by atoms with van der Waals surface area (Å²) in [5, 5.41) is 6.19. The van der Waals surface area contributed by atoms with Gasteiger partial charge in [0.1, 0.15) is 18.2 Å². The van der Waals surface area contributed by atoms with Crippen molar-refractivity contribution in [1.82, 2.24) is 4.57 Å². The highest BCUT2D eigenvalue weighted by molar-refractivity contribution is 6.34. The second-order valence-corrected chi connectivity index (χ2v) is 8.26. The van der Waals surface area contributed by atoms with E-state index in [0.717, 1.165) is 11.1 Å². The van der Waals surface area contributed by atoms with Crippen molar-refractivity contribution in [3.05, 3.63) is 101 Å². The van der Waals surface area contributed by atoms with Crippen molar-refractivity contribution in [2.45, 2.75) is 0 Å². The Labute approximate surface area is 208 Å². The molecule has 4 aromatic rings. The predicted octanol–water partition coefficient (Wildman–Crippen LogP) is 5.19. The van der Waals surface area contributed by atoms with Gasteiger partial charge in [-0.05, 0) is 54.1 Å². The average Bonchev–Trinajstić information content (AvgIpc) is 3.23. The number of nitrogens with zero attached hydrogens (tertiary/aromatic N) is 1. The lowest BCUT2D eigenvalue weighted by atomic mass is 10.1. The first kappa shape index (κ1) is 24.1. The molecule has 35 heavy (non-hydrogen) atoms. The smallest absolute Gasteiger partial charge is 0.257 e. The number of anilines is 2. The summed E-state index contributed by atoms with van der Waals surface area (Å²) in [6, 6.07) is 23.2. The molecule has 0 saturated carbocycles. The van der Waals surface area contributed by atoms with Crippen molar-refractivity contribution < 1.29 is 14.3 Å². The van der Waals surface area contributed by atoms with Crippen LogP contribution in [0.1, 0.15) is 20.7 Å². The zero-order valence-corrected chi connectivity index (χ0v) is 19.9. The molecule has 0 fully saturated rings. The Hall–Kier alpha value is -4.07. The summed E-state index contributed by atoms with van der Waals surface area (Å²) in [5.74, 6) is 0.728. The Kier molecular flexibility index (Phi) is 7.50. The summed E-state index contributed by atoms with van der Waals surface area (Å²) in [5.41, 5.74) is 8.89. The molecule has 178 valence electrons. The van der Waals surface area contributed by atoms with Gasteiger partial charge < -0.3 is 25.7 Å². The number of nitrogens with one attached hydrogen (secondary N) is 2. The van der Waals surface area contributed by atoms with Crippen LogP contribution in [0.3, 0.4) is 0 Å². The summed E-state index contributed by atoms with van der Waals surface area (Å²) in [6.45, 7) is 0.784. The highest BCUT2D eigenvalue weighted by atomic mass is 35.5. The van der Waals surface area contributed by atoms with Gasteiger partial charge in [0, 0.05) is 36.6 Å². The van der Waals surface area contributed by atoms with Gasteiger partial charge in [-0.25, -0.2) is 0 Å². The predicted molar refractivity (Wildman–Crippen MR) is 139 cm³/mol. The zero-order valence-electron chi connectivity index (χ0n) is 19.1. The largest absolute Gasteiger partial charge is 0.492 e. The molecule has 0 radical (unpaired) electrons. The number of nitrogens with two attached hydrogens (primary N) is 1. The number of hydrogen-bond donors (Lipinski definition) is 3. The number of benzene rings is 3. The van der Waals surface area contributed by atoms with E-state index < -0.39 is 0 Å². The lowest BCUT2D eigenvalue weighted by molar-refractivity contribution is 0.101. The van der Waals surface area contributed by atoms with Gasteiger partial charge in [0.15, 0.2) is 0 Å². The lowest BCUT2D eigenvalue weighted by Gasteiger charge is -2.08. The molecule has 0 spiro atoms. The molecule has 0 saturated heterocycles. The van der Waals surface area contributed by atoms with Crippen molar-refractivity contribution in [3.63, 3.8) is 0 Å². The quantitative estimate of drug-likeness (QED) is 0.318. The highest BCUT2D eigenvalue weighted by Gasteiger charge is 2.13. The maximum absolute atomic E-state index is 12.8. The molecule has 2 amide bonds. The highest BCUT2D eigenvalue weighted by Crippen LogP contribution is 2.27. The average molecular weight is 489 g/mol. The number of halogens is 1.